The van der Waals surface area contributed by atoms with E-state index in [-0.39, 0.29) is 18.2 Å². The molecular formula is C26H24F2N6O2. The van der Waals surface area contributed by atoms with E-state index in [0.29, 0.717) is 52.3 Å². The molecule has 0 saturated carbocycles. The van der Waals surface area contributed by atoms with Gasteiger partial charge < -0.3 is 10.1 Å². The molecule has 8 nitrogen and oxygen atoms in total. The van der Waals surface area contributed by atoms with Crippen LogP contribution in [0.25, 0.3) is 33.8 Å². The van der Waals surface area contributed by atoms with Gasteiger partial charge in [-0.05, 0) is 42.7 Å². The summed E-state index contributed by atoms with van der Waals surface area (Å²) in [5.41, 5.74) is 5.18. The SMILES string of the molecule is C=CC(=O)NCc1cc(-c2nc(-c3cnn(C)c3)c3c(c2-c2ccc(F)cc2OC)C(F)CC3)n[nH]1. The molecule has 2 N–H and O–H groups in total. The maximum Gasteiger partial charge on any atom is 0.243 e. The smallest absolute Gasteiger partial charge is 0.243 e. The standard InChI is InChI=1S/C26H24F2N6O2/c1-4-22(35)29-12-16-10-20(33-32-16)26-24(17-6-5-15(27)9-21(17)36-3)23-18(7-8-19(23)28)25(31-26)14-11-30-34(2)13-14/h4-6,9-11,13,19H,1,7-8,12H2,2-3H3,(H,29,35)(H,32,33). The molecule has 3 aromatic heterocycles. The third-order valence-electron chi connectivity index (χ3n) is 6.22. The van der Waals surface area contributed by atoms with E-state index < -0.39 is 12.0 Å². The van der Waals surface area contributed by atoms with Gasteiger partial charge in [0.05, 0.1) is 36.9 Å². The number of carbonyl (C=O) groups is 1. The molecular weight excluding hydrogens is 466 g/mol. The van der Waals surface area contributed by atoms with Crippen molar-refractivity contribution in [3.8, 4) is 39.5 Å². The van der Waals surface area contributed by atoms with E-state index in [1.165, 1.54) is 25.3 Å². The molecule has 1 aliphatic rings. The van der Waals surface area contributed by atoms with Crippen molar-refractivity contribution >= 4 is 5.91 Å². The van der Waals surface area contributed by atoms with Gasteiger partial charge in [0, 0.05) is 41.6 Å². The van der Waals surface area contributed by atoms with E-state index >= 15 is 4.39 Å². The number of nitrogens with zero attached hydrogens (tertiary/aromatic N) is 4. The minimum atomic E-state index is -1.24. The number of fused-ring (bicyclic) bond motifs is 1. The molecule has 10 heteroatoms. The Kier molecular flexibility index (Phi) is 6.09. The number of carbonyl (C=O) groups excluding carboxylic acids is 1. The Morgan fingerprint density at radius 1 is 1.36 bits per heavy atom. The highest BCUT2D eigenvalue weighted by Gasteiger charge is 2.34. The van der Waals surface area contributed by atoms with E-state index in [2.05, 4.69) is 27.2 Å². The summed E-state index contributed by atoms with van der Waals surface area (Å²) in [6.45, 7) is 3.64. The van der Waals surface area contributed by atoms with Gasteiger partial charge in [0.15, 0.2) is 0 Å². The molecule has 0 fully saturated rings. The number of amides is 1. The number of H-pyrrole nitrogens is 1. The molecule has 0 saturated heterocycles. The second-order valence-electron chi connectivity index (χ2n) is 8.53. The first-order valence-corrected chi connectivity index (χ1v) is 11.4. The van der Waals surface area contributed by atoms with Crippen LogP contribution in [0.1, 0.15) is 29.4 Å². The second kappa shape index (κ2) is 9.37. The minimum absolute atomic E-state index is 0.194. The van der Waals surface area contributed by atoms with Crippen molar-refractivity contribution in [3.63, 3.8) is 0 Å². The maximum atomic E-state index is 15.6. The largest absolute Gasteiger partial charge is 0.496 e. The number of halogens is 2. The first-order valence-electron chi connectivity index (χ1n) is 11.4. The number of alkyl halides is 1. The Balaban J connectivity index is 1.76. The molecule has 0 bridgehead atoms. The van der Waals surface area contributed by atoms with Gasteiger partial charge in [-0.1, -0.05) is 6.58 Å². The number of hydrogen-bond donors (Lipinski definition) is 2. The molecule has 1 atom stereocenters. The Morgan fingerprint density at radius 2 is 2.19 bits per heavy atom. The van der Waals surface area contributed by atoms with Crippen LogP contribution in [0.15, 0.2) is 49.3 Å². The highest BCUT2D eigenvalue weighted by Crippen LogP contribution is 2.49. The summed E-state index contributed by atoms with van der Waals surface area (Å²) >= 11 is 0. The summed E-state index contributed by atoms with van der Waals surface area (Å²) < 4.78 is 36.8. The second-order valence-corrected chi connectivity index (χ2v) is 8.53. The van der Waals surface area contributed by atoms with Crippen molar-refractivity contribution in [2.75, 3.05) is 7.11 Å². The van der Waals surface area contributed by atoms with E-state index in [1.54, 1.807) is 30.1 Å². The van der Waals surface area contributed by atoms with Crippen LogP contribution in [0.4, 0.5) is 8.78 Å². The van der Waals surface area contributed by atoms with Crippen LogP contribution in [-0.2, 0) is 24.8 Å². The topological polar surface area (TPSA) is 97.7 Å². The predicted molar refractivity (Wildman–Crippen MR) is 130 cm³/mol. The van der Waals surface area contributed by atoms with Crippen molar-refractivity contribution in [3.05, 3.63) is 72.0 Å². The molecule has 36 heavy (non-hydrogen) atoms. The molecule has 1 aromatic carbocycles. The molecule has 0 spiro atoms. The highest BCUT2D eigenvalue weighted by molar-refractivity contribution is 5.89. The van der Waals surface area contributed by atoms with Gasteiger partial charge in [-0.25, -0.2) is 13.8 Å². The lowest BCUT2D eigenvalue weighted by Gasteiger charge is -2.19. The quantitative estimate of drug-likeness (QED) is 0.373. The fraction of sp³-hybridized carbons (Fsp3) is 0.231. The number of benzene rings is 1. The molecule has 5 rings (SSSR count). The summed E-state index contributed by atoms with van der Waals surface area (Å²) in [6.07, 6.45) is 4.27. The number of methoxy groups -OCH3 is 1. The molecule has 1 amide bonds. The Hall–Kier alpha value is -4.34. The first-order chi connectivity index (χ1) is 17.4. The zero-order valence-electron chi connectivity index (χ0n) is 19.8. The van der Waals surface area contributed by atoms with E-state index in [4.69, 9.17) is 9.72 Å². The first kappa shape index (κ1) is 23.4. The molecule has 4 aromatic rings. The number of aryl methyl sites for hydroxylation is 1. The van der Waals surface area contributed by atoms with Gasteiger partial charge in [0.2, 0.25) is 5.91 Å². The molecule has 0 aliphatic heterocycles. The molecule has 3 heterocycles. The van der Waals surface area contributed by atoms with Crippen molar-refractivity contribution in [1.29, 1.82) is 0 Å². The number of rotatable bonds is 7. The Labute approximate surface area is 206 Å². The van der Waals surface area contributed by atoms with Crippen molar-refractivity contribution in [2.45, 2.75) is 25.6 Å². The lowest BCUT2D eigenvalue weighted by Crippen LogP contribution is -2.20. The van der Waals surface area contributed by atoms with Crippen molar-refractivity contribution < 1.29 is 18.3 Å². The number of nitrogens with one attached hydrogen (secondary N) is 2. The van der Waals surface area contributed by atoms with Gasteiger partial charge in [0.25, 0.3) is 0 Å². The van der Waals surface area contributed by atoms with Gasteiger partial charge in [0.1, 0.15) is 23.4 Å². The molecule has 1 aliphatic carbocycles. The van der Waals surface area contributed by atoms with E-state index in [0.717, 1.165) is 11.1 Å². The average Bonchev–Trinajstić information content (AvgIpc) is 3.62. The van der Waals surface area contributed by atoms with Gasteiger partial charge in [-0.2, -0.15) is 10.2 Å². The summed E-state index contributed by atoms with van der Waals surface area (Å²) in [5.74, 6) is -0.522. The van der Waals surface area contributed by atoms with Crippen LogP contribution >= 0.6 is 0 Å². The van der Waals surface area contributed by atoms with Crippen molar-refractivity contribution in [1.82, 2.24) is 30.3 Å². The Bertz CT molecular complexity index is 1480. The number of pyridine rings is 1. The van der Waals surface area contributed by atoms with Crippen LogP contribution < -0.4 is 10.1 Å². The maximum absolute atomic E-state index is 15.6. The third kappa shape index (κ3) is 4.15. The van der Waals surface area contributed by atoms with Crippen LogP contribution in [0, 0.1) is 5.82 Å². The van der Waals surface area contributed by atoms with Gasteiger partial charge in [-0.3, -0.25) is 14.6 Å². The highest BCUT2D eigenvalue weighted by atomic mass is 19.1. The summed E-state index contributed by atoms with van der Waals surface area (Å²) in [4.78, 5) is 16.6. The zero-order valence-corrected chi connectivity index (χ0v) is 19.8. The van der Waals surface area contributed by atoms with Crippen LogP contribution in [0.3, 0.4) is 0 Å². The molecule has 1 unspecified atom stereocenters. The van der Waals surface area contributed by atoms with Crippen LogP contribution in [0.5, 0.6) is 5.75 Å². The Morgan fingerprint density at radius 3 is 2.92 bits per heavy atom. The predicted octanol–water partition coefficient (Wildman–Crippen LogP) is 4.45. The van der Waals surface area contributed by atoms with Gasteiger partial charge >= 0.3 is 0 Å². The summed E-state index contributed by atoms with van der Waals surface area (Å²) in [5, 5.41) is 14.3. The van der Waals surface area contributed by atoms with Crippen molar-refractivity contribution in [2.24, 2.45) is 7.05 Å². The van der Waals surface area contributed by atoms with Crippen LogP contribution in [0.2, 0.25) is 0 Å². The fourth-order valence-electron chi connectivity index (χ4n) is 4.60. The number of ether oxygens (including phenoxy) is 1. The number of aromatic amines is 1. The minimum Gasteiger partial charge on any atom is -0.496 e. The van der Waals surface area contributed by atoms with E-state index in [9.17, 15) is 9.18 Å². The third-order valence-corrected chi connectivity index (χ3v) is 6.22. The van der Waals surface area contributed by atoms with Gasteiger partial charge in [-0.15, -0.1) is 0 Å². The lowest BCUT2D eigenvalue weighted by molar-refractivity contribution is -0.116. The number of hydrogen-bond acceptors (Lipinski definition) is 5. The average molecular weight is 491 g/mol. The number of aromatic nitrogens is 5. The summed E-state index contributed by atoms with van der Waals surface area (Å²) in [7, 11) is 3.25. The van der Waals surface area contributed by atoms with E-state index in [1.807, 2.05) is 6.20 Å². The molecule has 0 radical (unpaired) electrons. The van der Waals surface area contributed by atoms with Crippen LogP contribution in [-0.4, -0.2) is 38.0 Å². The monoisotopic (exact) mass is 490 g/mol. The molecule has 184 valence electrons. The fourth-order valence-corrected chi connectivity index (χ4v) is 4.60. The zero-order chi connectivity index (χ0) is 25.4. The summed E-state index contributed by atoms with van der Waals surface area (Å²) in [6, 6.07) is 5.89. The lowest BCUT2D eigenvalue weighted by atomic mass is 9.91. The normalized spacial score (nSPS) is 14.5.